The second-order valence-electron chi connectivity index (χ2n) is 6.07. The minimum Gasteiger partial charge on any atom is -0.481 e. The molecule has 0 saturated heterocycles. The number of carbonyl (C=O) groups is 1. The molecule has 21 heavy (non-hydrogen) atoms. The molecule has 0 amide bonds. The van der Waals surface area contributed by atoms with Crippen LogP contribution in [-0.4, -0.2) is 35.8 Å². The van der Waals surface area contributed by atoms with Gasteiger partial charge in [-0.1, -0.05) is 32.4 Å². The molecule has 1 rings (SSSR count). The summed E-state index contributed by atoms with van der Waals surface area (Å²) in [5.41, 5.74) is -0.224. The number of aromatic nitrogens is 2. The van der Waals surface area contributed by atoms with E-state index in [4.69, 9.17) is 11.6 Å². The first kappa shape index (κ1) is 17.9. The lowest BCUT2D eigenvalue weighted by Crippen LogP contribution is -2.35. The Bertz CT molecular complexity index is 599. The van der Waals surface area contributed by atoms with Crippen LogP contribution in [0.3, 0.4) is 0 Å². The second kappa shape index (κ2) is 6.33. The van der Waals surface area contributed by atoms with Gasteiger partial charge in [0, 0.05) is 13.6 Å². The number of carboxylic acid groups (broad SMARTS) is 1. The zero-order valence-corrected chi connectivity index (χ0v) is 14.0. The normalized spacial score (nSPS) is 14.1. The summed E-state index contributed by atoms with van der Waals surface area (Å²) in [5, 5.41) is 12.8. The lowest BCUT2D eigenvalue weighted by molar-refractivity contribution is -0.142. The van der Waals surface area contributed by atoms with Crippen LogP contribution in [0.1, 0.15) is 27.2 Å². The van der Waals surface area contributed by atoms with Gasteiger partial charge in [0.2, 0.25) is 0 Å². The summed E-state index contributed by atoms with van der Waals surface area (Å²) < 4.78 is 27.8. The van der Waals surface area contributed by atoms with Crippen LogP contribution in [0, 0.1) is 11.3 Å². The molecule has 120 valence electrons. The van der Waals surface area contributed by atoms with Gasteiger partial charge in [0.25, 0.3) is 10.0 Å². The molecule has 0 aromatic carbocycles. The monoisotopic (exact) mass is 337 g/mol. The smallest absolute Gasteiger partial charge is 0.307 e. The fourth-order valence-electron chi connectivity index (χ4n) is 1.97. The van der Waals surface area contributed by atoms with Gasteiger partial charge < -0.3 is 5.11 Å². The first-order valence-electron chi connectivity index (χ1n) is 6.34. The molecule has 0 aliphatic rings. The van der Waals surface area contributed by atoms with Crippen LogP contribution < -0.4 is 4.72 Å². The number of aliphatic carboxylic acids is 1. The quantitative estimate of drug-likeness (QED) is 0.818. The van der Waals surface area contributed by atoms with Crippen LogP contribution in [0.25, 0.3) is 0 Å². The molecule has 7 nitrogen and oxygen atoms in total. The Morgan fingerprint density at radius 3 is 2.48 bits per heavy atom. The summed E-state index contributed by atoms with van der Waals surface area (Å²) in [7, 11) is -2.46. The average molecular weight is 338 g/mol. The maximum Gasteiger partial charge on any atom is 0.307 e. The molecule has 0 fully saturated rings. The largest absolute Gasteiger partial charge is 0.481 e. The topological polar surface area (TPSA) is 101 Å². The summed E-state index contributed by atoms with van der Waals surface area (Å²) in [6.07, 6.45) is 1.57. The third kappa shape index (κ3) is 4.98. The number of hydrogen-bond donors (Lipinski definition) is 2. The predicted octanol–water partition coefficient (Wildman–Crippen LogP) is 1.49. The van der Waals surface area contributed by atoms with E-state index in [0.29, 0.717) is 6.42 Å². The highest BCUT2D eigenvalue weighted by atomic mass is 35.5. The van der Waals surface area contributed by atoms with Crippen LogP contribution in [-0.2, 0) is 21.9 Å². The van der Waals surface area contributed by atoms with Gasteiger partial charge in [-0.2, -0.15) is 5.10 Å². The second-order valence-corrected chi connectivity index (χ2v) is 8.16. The molecular weight excluding hydrogens is 318 g/mol. The van der Waals surface area contributed by atoms with E-state index in [2.05, 4.69) is 9.82 Å². The molecule has 0 saturated carbocycles. The fourth-order valence-corrected chi connectivity index (χ4v) is 3.70. The number of sulfonamides is 1. The maximum absolute atomic E-state index is 12.2. The van der Waals surface area contributed by atoms with Crippen LogP contribution in [0.5, 0.6) is 0 Å². The van der Waals surface area contributed by atoms with Gasteiger partial charge in [-0.05, 0) is 11.8 Å². The molecule has 9 heteroatoms. The van der Waals surface area contributed by atoms with Gasteiger partial charge in [-0.15, -0.1) is 0 Å². The number of carboxylic acids is 1. The number of aryl methyl sites for hydroxylation is 1. The van der Waals surface area contributed by atoms with Crippen molar-refractivity contribution in [2.24, 2.45) is 18.4 Å². The molecule has 0 radical (unpaired) electrons. The minimum atomic E-state index is -3.91. The average Bonchev–Trinajstić information content (AvgIpc) is 2.63. The first-order chi connectivity index (χ1) is 9.44. The Balaban J connectivity index is 2.87. The molecule has 0 aliphatic heterocycles. The van der Waals surface area contributed by atoms with E-state index in [0.717, 1.165) is 4.68 Å². The van der Waals surface area contributed by atoms with Crippen LogP contribution in [0.4, 0.5) is 0 Å². The highest BCUT2D eigenvalue weighted by Gasteiger charge is 2.28. The van der Waals surface area contributed by atoms with Gasteiger partial charge in [0.15, 0.2) is 5.03 Å². The van der Waals surface area contributed by atoms with Crippen LogP contribution in [0.15, 0.2) is 11.2 Å². The fraction of sp³-hybridized carbons (Fsp3) is 0.667. The van der Waals surface area contributed by atoms with Crippen molar-refractivity contribution in [3.05, 3.63) is 11.2 Å². The Kier molecular flexibility index (Phi) is 5.40. The van der Waals surface area contributed by atoms with E-state index in [9.17, 15) is 18.3 Å². The number of nitrogens with zero attached hydrogens (tertiary/aromatic N) is 2. The molecule has 2 N–H and O–H groups in total. The van der Waals surface area contributed by atoms with Crippen LogP contribution in [0.2, 0.25) is 5.02 Å². The first-order valence-corrected chi connectivity index (χ1v) is 8.20. The summed E-state index contributed by atoms with van der Waals surface area (Å²) >= 11 is 5.80. The molecule has 1 atom stereocenters. The third-order valence-electron chi connectivity index (χ3n) is 2.82. The maximum atomic E-state index is 12.2. The van der Waals surface area contributed by atoms with Gasteiger partial charge in [-0.3, -0.25) is 9.48 Å². The van der Waals surface area contributed by atoms with Crippen LogP contribution >= 0.6 is 11.6 Å². The Morgan fingerprint density at radius 1 is 1.52 bits per heavy atom. The van der Waals surface area contributed by atoms with Crippen molar-refractivity contribution in [2.75, 3.05) is 6.54 Å². The zero-order valence-electron chi connectivity index (χ0n) is 12.4. The van der Waals surface area contributed by atoms with Gasteiger partial charge in [0.1, 0.15) is 0 Å². The van der Waals surface area contributed by atoms with Gasteiger partial charge >= 0.3 is 5.97 Å². The number of nitrogens with one attached hydrogen (secondary N) is 1. The van der Waals surface area contributed by atoms with E-state index in [1.165, 1.54) is 13.2 Å². The predicted molar refractivity (Wildman–Crippen MR) is 78.6 cm³/mol. The van der Waals surface area contributed by atoms with Crippen molar-refractivity contribution in [3.8, 4) is 0 Å². The molecule has 1 heterocycles. The number of halogens is 1. The summed E-state index contributed by atoms with van der Waals surface area (Å²) in [6, 6.07) is 0. The zero-order chi connectivity index (χ0) is 16.4. The van der Waals surface area contributed by atoms with E-state index in [-0.39, 0.29) is 22.0 Å². The number of hydrogen-bond acceptors (Lipinski definition) is 4. The van der Waals surface area contributed by atoms with Crippen molar-refractivity contribution in [1.29, 1.82) is 0 Å². The highest BCUT2D eigenvalue weighted by Crippen LogP contribution is 2.25. The lowest BCUT2D eigenvalue weighted by Gasteiger charge is -2.23. The standard InChI is InChI=1S/C12H20ClN3O4S/c1-12(2,3)5-8(11(17)18)6-15-21(19,20)10-9(13)7-14-16(10)4/h7-8,15H,5-6H2,1-4H3,(H,17,18). The molecular formula is C12H20ClN3O4S. The molecule has 1 aromatic heterocycles. The minimum absolute atomic E-state index is 0.00676. The third-order valence-corrected chi connectivity index (χ3v) is 4.75. The molecule has 0 aliphatic carbocycles. The van der Waals surface area contributed by atoms with E-state index in [1.54, 1.807) is 0 Å². The SMILES string of the molecule is Cn1ncc(Cl)c1S(=O)(=O)NCC(CC(C)(C)C)C(=O)O. The van der Waals surface area contributed by atoms with Crippen molar-refractivity contribution < 1.29 is 18.3 Å². The lowest BCUT2D eigenvalue weighted by atomic mass is 9.85. The molecule has 0 bridgehead atoms. The summed E-state index contributed by atoms with van der Waals surface area (Å²) in [6.45, 7) is 5.50. The van der Waals surface area contributed by atoms with Crippen molar-refractivity contribution >= 4 is 27.6 Å². The molecule has 1 aromatic rings. The van der Waals surface area contributed by atoms with Crippen molar-refractivity contribution in [3.63, 3.8) is 0 Å². The van der Waals surface area contributed by atoms with Crippen molar-refractivity contribution in [1.82, 2.24) is 14.5 Å². The van der Waals surface area contributed by atoms with Crippen molar-refractivity contribution in [2.45, 2.75) is 32.2 Å². The highest BCUT2D eigenvalue weighted by molar-refractivity contribution is 7.89. The molecule has 1 unspecified atom stereocenters. The van der Waals surface area contributed by atoms with Gasteiger partial charge in [0.05, 0.1) is 17.1 Å². The summed E-state index contributed by atoms with van der Waals surface area (Å²) in [4.78, 5) is 11.2. The van der Waals surface area contributed by atoms with E-state index < -0.39 is 21.9 Å². The Labute approximate surface area is 129 Å². The Morgan fingerprint density at radius 2 is 2.10 bits per heavy atom. The number of rotatable bonds is 6. The molecule has 0 spiro atoms. The van der Waals surface area contributed by atoms with E-state index in [1.807, 2.05) is 20.8 Å². The van der Waals surface area contributed by atoms with Gasteiger partial charge in [-0.25, -0.2) is 13.1 Å². The summed E-state index contributed by atoms with van der Waals surface area (Å²) in [5.74, 6) is -1.85. The Hall–Kier alpha value is -1.12. The van der Waals surface area contributed by atoms with E-state index >= 15 is 0 Å².